The number of hydrogen-bond donors (Lipinski definition) is 0. The second-order valence-electron chi connectivity index (χ2n) is 8.82. The summed E-state index contributed by atoms with van der Waals surface area (Å²) in [6, 6.07) is 4.26. The molecule has 7 nitrogen and oxygen atoms in total. The van der Waals surface area contributed by atoms with Crippen LogP contribution in [0.2, 0.25) is 0 Å². The van der Waals surface area contributed by atoms with E-state index >= 15 is 0 Å². The van der Waals surface area contributed by atoms with Gasteiger partial charge in [-0.3, -0.25) is 10.1 Å². The van der Waals surface area contributed by atoms with Crippen LogP contribution in [0.25, 0.3) is 0 Å². The van der Waals surface area contributed by atoms with Crippen molar-refractivity contribution in [3.05, 3.63) is 34.1 Å². The van der Waals surface area contributed by atoms with Gasteiger partial charge in [0.2, 0.25) is 5.82 Å². The highest BCUT2D eigenvalue weighted by Crippen LogP contribution is 2.43. The van der Waals surface area contributed by atoms with Crippen LogP contribution in [0, 0.1) is 21.3 Å². The number of benzene rings is 1. The number of anilines is 1. The molecule has 2 heterocycles. The van der Waals surface area contributed by atoms with Crippen molar-refractivity contribution in [3.8, 4) is 0 Å². The fraction of sp³-hybridized carbons (Fsp3) is 0.650. The third kappa shape index (κ3) is 4.36. The van der Waals surface area contributed by atoms with Crippen molar-refractivity contribution >= 4 is 17.5 Å². The first-order valence-corrected chi connectivity index (χ1v) is 9.76. The summed E-state index contributed by atoms with van der Waals surface area (Å²) >= 11 is 0. The third-order valence-electron chi connectivity index (χ3n) is 5.79. The van der Waals surface area contributed by atoms with E-state index in [-0.39, 0.29) is 11.5 Å². The van der Waals surface area contributed by atoms with Gasteiger partial charge in [0.15, 0.2) is 0 Å². The number of rotatable bonds is 2. The fourth-order valence-electron chi connectivity index (χ4n) is 4.15. The van der Waals surface area contributed by atoms with E-state index in [2.05, 4.69) is 0 Å². The van der Waals surface area contributed by atoms with Gasteiger partial charge < -0.3 is 14.5 Å². The Kier molecular flexibility index (Phi) is 5.50. The number of carbonyl (C=O) groups excluding carboxylic acids is 1. The molecule has 0 radical (unpaired) electrons. The Labute approximate surface area is 164 Å². The molecule has 3 rings (SSSR count). The van der Waals surface area contributed by atoms with Gasteiger partial charge in [0.1, 0.15) is 11.3 Å². The quantitative estimate of drug-likeness (QED) is 0.551. The molecule has 1 aromatic rings. The van der Waals surface area contributed by atoms with Gasteiger partial charge in [0.05, 0.1) is 4.92 Å². The minimum absolute atomic E-state index is 0.136. The van der Waals surface area contributed by atoms with E-state index < -0.39 is 22.0 Å². The molecule has 8 heteroatoms. The van der Waals surface area contributed by atoms with Crippen LogP contribution in [-0.2, 0) is 4.74 Å². The smallest absolute Gasteiger partial charge is 0.410 e. The van der Waals surface area contributed by atoms with E-state index in [1.165, 1.54) is 6.07 Å². The summed E-state index contributed by atoms with van der Waals surface area (Å²) in [6.45, 7) is 8.20. The van der Waals surface area contributed by atoms with Gasteiger partial charge in [-0.2, -0.15) is 4.39 Å². The number of nitro groups is 1. The average Bonchev–Trinajstić information content (AvgIpc) is 2.61. The van der Waals surface area contributed by atoms with Crippen molar-refractivity contribution in [2.45, 2.75) is 52.1 Å². The molecule has 2 saturated heterocycles. The number of likely N-dealkylation sites (tertiary alicyclic amines) is 1. The molecule has 1 spiro atoms. The van der Waals surface area contributed by atoms with Crippen LogP contribution in [0.5, 0.6) is 0 Å². The van der Waals surface area contributed by atoms with Crippen LogP contribution < -0.4 is 4.90 Å². The summed E-state index contributed by atoms with van der Waals surface area (Å²) in [5.41, 5.74) is -0.460. The number of nitro benzene ring substituents is 1. The minimum Gasteiger partial charge on any atom is -0.444 e. The Morgan fingerprint density at radius 2 is 1.71 bits per heavy atom. The molecule has 2 fully saturated rings. The van der Waals surface area contributed by atoms with Gasteiger partial charge in [-0.15, -0.1) is 0 Å². The summed E-state index contributed by atoms with van der Waals surface area (Å²) in [4.78, 5) is 26.5. The van der Waals surface area contributed by atoms with Crippen molar-refractivity contribution < 1.29 is 18.8 Å². The lowest BCUT2D eigenvalue weighted by atomic mass is 9.71. The number of nitrogens with zero attached hydrogens (tertiary/aromatic N) is 3. The third-order valence-corrected chi connectivity index (χ3v) is 5.79. The zero-order valence-electron chi connectivity index (χ0n) is 16.7. The normalized spacial score (nSPS) is 19.6. The molecule has 0 atom stereocenters. The number of para-hydroxylation sites is 1. The summed E-state index contributed by atoms with van der Waals surface area (Å²) in [6.07, 6.45) is 3.28. The van der Waals surface area contributed by atoms with E-state index in [1.54, 1.807) is 11.0 Å². The average molecular weight is 393 g/mol. The highest BCUT2D eigenvalue weighted by molar-refractivity contribution is 5.68. The predicted octanol–water partition coefficient (Wildman–Crippen LogP) is 4.35. The lowest BCUT2D eigenvalue weighted by Crippen LogP contribution is -2.49. The number of hydrogen-bond acceptors (Lipinski definition) is 5. The molecule has 0 saturated carbocycles. The molecule has 1 amide bonds. The first-order chi connectivity index (χ1) is 13.1. The maximum absolute atomic E-state index is 13.9. The van der Waals surface area contributed by atoms with Gasteiger partial charge in [-0.25, -0.2) is 4.79 Å². The number of halogens is 1. The molecule has 2 aliphatic rings. The van der Waals surface area contributed by atoms with E-state index in [9.17, 15) is 19.3 Å². The van der Waals surface area contributed by atoms with Crippen molar-refractivity contribution in [2.75, 3.05) is 31.1 Å². The number of piperidine rings is 2. The second-order valence-corrected chi connectivity index (χ2v) is 8.82. The Bertz CT molecular complexity index is 744. The SMILES string of the molecule is CC(C)(C)OC(=O)N1CCC2(CC1)CCN(c1cccc(F)c1[N+](=O)[O-])CC2. The van der Waals surface area contributed by atoms with Gasteiger partial charge >= 0.3 is 11.8 Å². The predicted molar refractivity (Wildman–Crippen MR) is 104 cm³/mol. The van der Waals surface area contributed by atoms with Crippen molar-refractivity contribution in [1.29, 1.82) is 0 Å². The van der Waals surface area contributed by atoms with Crippen LogP contribution in [0.1, 0.15) is 46.5 Å². The zero-order chi connectivity index (χ0) is 20.5. The van der Waals surface area contributed by atoms with Crippen LogP contribution >= 0.6 is 0 Å². The molecular formula is C20H28FN3O4. The van der Waals surface area contributed by atoms with Crippen LogP contribution in [0.4, 0.5) is 20.6 Å². The first-order valence-electron chi connectivity index (χ1n) is 9.76. The number of amides is 1. The van der Waals surface area contributed by atoms with Gasteiger partial charge in [0.25, 0.3) is 0 Å². The molecule has 0 N–H and O–H groups in total. The minimum atomic E-state index is -0.798. The lowest BCUT2D eigenvalue weighted by Gasteiger charge is -2.47. The summed E-state index contributed by atoms with van der Waals surface area (Å²) in [5.74, 6) is -0.798. The van der Waals surface area contributed by atoms with E-state index in [4.69, 9.17) is 4.74 Å². The monoisotopic (exact) mass is 393 g/mol. The summed E-state index contributed by atoms with van der Waals surface area (Å²) in [5, 5.41) is 11.3. The Morgan fingerprint density at radius 3 is 2.25 bits per heavy atom. The standard InChI is InChI=1S/C20H28FN3O4/c1-19(2,3)28-18(25)23-13-9-20(10-14-23)7-11-22(12-8-20)16-6-4-5-15(21)17(16)24(26)27/h4-6H,7-14H2,1-3H3. The van der Waals surface area contributed by atoms with E-state index in [1.807, 2.05) is 25.7 Å². The molecule has 154 valence electrons. The van der Waals surface area contributed by atoms with Gasteiger partial charge in [0, 0.05) is 26.2 Å². The zero-order valence-corrected chi connectivity index (χ0v) is 16.7. The molecule has 2 aliphatic heterocycles. The summed E-state index contributed by atoms with van der Waals surface area (Å²) < 4.78 is 19.4. The summed E-state index contributed by atoms with van der Waals surface area (Å²) in [7, 11) is 0. The highest BCUT2D eigenvalue weighted by atomic mass is 19.1. The molecule has 28 heavy (non-hydrogen) atoms. The fourth-order valence-corrected chi connectivity index (χ4v) is 4.15. The Hall–Kier alpha value is -2.38. The molecular weight excluding hydrogens is 365 g/mol. The highest BCUT2D eigenvalue weighted by Gasteiger charge is 2.40. The molecule has 1 aromatic carbocycles. The number of carbonyl (C=O) groups is 1. The number of ether oxygens (including phenoxy) is 1. The maximum Gasteiger partial charge on any atom is 0.410 e. The Balaban J connectivity index is 1.60. The van der Waals surface area contributed by atoms with Crippen molar-refractivity contribution in [2.24, 2.45) is 5.41 Å². The largest absolute Gasteiger partial charge is 0.444 e. The lowest BCUT2D eigenvalue weighted by molar-refractivity contribution is -0.386. The van der Waals surface area contributed by atoms with Crippen molar-refractivity contribution in [3.63, 3.8) is 0 Å². The van der Waals surface area contributed by atoms with Crippen molar-refractivity contribution in [1.82, 2.24) is 4.90 Å². The molecule has 0 aromatic heterocycles. The first kappa shape index (κ1) is 20.4. The van der Waals surface area contributed by atoms with E-state index in [0.717, 1.165) is 31.7 Å². The van der Waals surface area contributed by atoms with E-state index in [0.29, 0.717) is 31.9 Å². The topological polar surface area (TPSA) is 75.9 Å². The molecule has 0 unspecified atom stereocenters. The Morgan fingerprint density at radius 1 is 1.14 bits per heavy atom. The molecule has 0 aliphatic carbocycles. The maximum atomic E-state index is 13.9. The molecule has 0 bridgehead atoms. The van der Waals surface area contributed by atoms with Crippen LogP contribution in [0.3, 0.4) is 0 Å². The second kappa shape index (κ2) is 7.56. The van der Waals surface area contributed by atoms with Gasteiger partial charge in [-0.05, 0) is 64.0 Å². The van der Waals surface area contributed by atoms with Crippen LogP contribution in [-0.4, -0.2) is 47.7 Å². The van der Waals surface area contributed by atoms with Gasteiger partial charge in [-0.1, -0.05) is 6.07 Å². The van der Waals surface area contributed by atoms with Crippen LogP contribution in [0.15, 0.2) is 18.2 Å².